The third-order valence-corrected chi connectivity index (χ3v) is 2.15. The van der Waals surface area contributed by atoms with Crippen molar-refractivity contribution in [2.75, 3.05) is 0 Å². The Kier molecular flexibility index (Phi) is 2.06. The number of aromatic nitrogens is 1. The van der Waals surface area contributed by atoms with Crippen LogP contribution in [0.2, 0.25) is 0 Å². The van der Waals surface area contributed by atoms with E-state index in [1.54, 1.807) is 0 Å². The van der Waals surface area contributed by atoms with E-state index < -0.39 is 0 Å². The van der Waals surface area contributed by atoms with Gasteiger partial charge in [0.1, 0.15) is 0 Å². The van der Waals surface area contributed by atoms with Gasteiger partial charge in [0.15, 0.2) is 5.58 Å². The van der Waals surface area contributed by atoms with Crippen LogP contribution in [0.1, 0.15) is 26.5 Å². The number of para-hydroxylation sites is 1. The summed E-state index contributed by atoms with van der Waals surface area (Å²) in [5.41, 5.74) is 2.19. The molecule has 1 aromatic carbocycles. The summed E-state index contributed by atoms with van der Waals surface area (Å²) in [6.07, 6.45) is 0.948. The Morgan fingerprint density at radius 3 is 2.64 bits per heavy atom. The molecule has 0 atom stereocenters. The van der Waals surface area contributed by atoms with Gasteiger partial charge in [0.25, 0.3) is 0 Å². The predicted octanol–water partition coefficient (Wildman–Crippen LogP) is 3.42. The summed E-state index contributed by atoms with van der Waals surface area (Å²) in [7, 11) is 0. The second-order valence-electron chi connectivity index (χ2n) is 4.86. The second kappa shape index (κ2) is 3.12. The third kappa shape index (κ3) is 1.79. The minimum atomic E-state index is 0.250. The maximum Gasteiger partial charge on any atom is 0.167 e. The van der Waals surface area contributed by atoms with Crippen LogP contribution in [-0.2, 0) is 6.42 Å². The number of benzene rings is 1. The first-order chi connectivity index (χ1) is 6.56. The van der Waals surface area contributed by atoms with Crippen LogP contribution in [0.3, 0.4) is 0 Å². The fourth-order valence-corrected chi connectivity index (χ4v) is 1.57. The SMILES string of the molecule is CC(C)(C)Cc1noc2ccccc12. The highest BCUT2D eigenvalue weighted by atomic mass is 16.5. The second-order valence-corrected chi connectivity index (χ2v) is 4.86. The Labute approximate surface area is 83.9 Å². The van der Waals surface area contributed by atoms with E-state index in [9.17, 15) is 0 Å². The Morgan fingerprint density at radius 1 is 1.21 bits per heavy atom. The van der Waals surface area contributed by atoms with Gasteiger partial charge in [-0.25, -0.2) is 0 Å². The first kappa shape index (κ1) is 9.25. The summed E-state index contributed by atoms with van der Waals surface area (Å²) < 4.78 is 5.24. The van der Waals surface area contributed by atoms with Crippen LogP contribution in [-0.4, -0.2) is 5.16 Å². The van der Waals surface area contributed by atoms with Crippen molar-refractivity contribution < 1.29 is 4.52 Å². The van der Waals surface area contributed by atoms with Crippen LogP contribution >= 0.6 is 0 Å². The van der Waals surface area contributed by atoms with Gasteiger partial charge >= 0.3 is 0 Å². The molecule has 0 saturated carbocycles. The Hall–Kier alpha value is -1.31. The van der Waals surface area contributed by atoms with Gasteiger partial charge in [0.2, 0.25) is 0 Å². The van der Waals surface area contributed by atoms with Gasteiger partial charge in [-0.05, 0) is 24.0 Å². The lowest BCUT2D eigenvalue weighted by atomic mass is 9.89. The summed E-state index contributed by atoms with van der Waals surface area (Å²) in [5, 5.41) is 5.25. The fraction of sp³-hybridized carbons (Fsp3) is 0.417. The molecular weight excluding hydrogens is 174 g/mol. The molecule has 74 valence electrons. The molecule has 1 aromatic heterocycles. The Morgan fingerprint density at radius 2 is 1.93 bits per heavy atom. The molecule has 2 rings (SSSR count). The molecule has 0 radical (unpaired) electrons. The topological polar surface area (TPSA) is 26.0 Å². The third-order valence-electron chi connectivity index (χ3n) is 2.15. The van der Waals surface area contributed by atoms with Crippen molar-refractivity contribution in [1.29, 1.82) is 0 Å². The normalized spacial score (nSPS) is 12.2. The number of rotatable bonds is 1. The standard InChI is InChI=1S/C12H15NO/c1-12(2,3)8-10-9-6-4-5-7-11(9)14-13-10/h4-7H,8H2,1-3H3. The minimum absolute atomic E-state index is 0.250. The van der Waals surface area contributed by atoms with Gasteiger partial charge in [0, 0.05) is 5.39 Å². The smallest absolute Gasteiger partial charge is 0.167 e. The zero-order chi connectivity index (χ0) is 10.2. The van der Waals surface area contributed by atoms with E-state index in [2.05, 4.69) is 32.0 Å². The molecule has 0 aliphatic rings. The zero-order valence-electron chi connectivity index (χ0n) is 8.87. The Bertz CT molecular complexity index is 437. The van der Waals surface area contributed by atoms with E-state index in [-0.39, 0.29) is 5.41 Å². The highest BCUT2D eigenvalue weighted by Crippen LogP contribution is 2.25. The van der Waals surface area contributed by atoms with Gasteiger partial charge in [-0.15, -0.1) is 0 Å². The first-order valence-corrected chi connectivity index (χ1v) is 4.89. The molecular formula is C12H15NO. The molecule has 0 aliphatic carbocycles. The maximum absolute atomic E-state index is 5.24. The van der Waals surface area contributed by atoms with Crippen LogP contribution in [0.25, 0.3) is 11.0 Å². The molecule has 0 amide bonds. The van der Waals surface area contributed by atoms with Gasteiger partial charge in [-0.1, -0.05) is 38.1 Å². The van der Waals surface area contributed by atoms with Crippen molar-refractivity contribution >= 4 is 11.0 Å². The fourth-order valence-electron chi connectivity index (χ4n) is 1.57. The van der Waals surface area contributed by atoms with E-state index in [4.69, 9.17) is 4.52 Å². The number of fused-ring (bicyclic) bond motifs is 1. The average molecular weight is 189 g/mol. The minimum Gasteiger partial charge on any atom is -0.356 e. The molecule has 0 N–H and O–H groups in total. The quantitative estimate of drug-likeness (QED) is 0.687. The summed E-state index contributed by atoms with van der Waals surface area (Å²) in [6, 6.07) is 8.00. The van der Waals surface area contributed by atoms with Gasteiger partial charge < -0.3 is 4.52 Å². The molecule has 1 heterocycles. The van der Waals surface area contributed by atoms with E-state index in [1.807, 2.05) is 18.2 Å². The maximum atomic E-state index is 5.24. The van der Waals surface area contributed by atoms with Crippen molar-refractivity contribution in [3.05, 3.63) is 30.0 Å². The van der Waals surface area contributed by atoms with Crippen molar-refractivity contribution in [2.24, 2.45) is 5.41 Å². The molecule has 0 aliphatic heterocycles. The van der Waals surface area contributed by atoms with Crippen molar-refractivity contribution in [3.8, 4) is 0 Å². The molecule has 2 nitrogen and oxygen atoms in total. The van der Waals surface area contributed by atoms with Crippen LogP contribution in [0, 0.1) is 5.41 Å². The van der Waals surface area contributed by atoms with Crippen LogP contribution in [0.5, 0.6) is 0 Å². The molecule has 0 spiro atoms. The summed E-state index contributed by atoms with van der Waals surface area (Å²) >= 11 is 0. The molecule has 2 heteroatoms. The van der Waals surface area contributed by atoms with E-state index >= 15 is 0 Å². The lowest BCUT2D eigenvalue weighted by Crippen LogP contribution is -2.09. The molecule has 14 heavy (non-hydrogen) atoms. The van der Waals surface area contributed by atoms with Crippen LogP contribution in [0.15, 0.2) is 28.8 Å². The van der Waals surface area contributed by atoms with Gasteiger partial charge in [0.05, 0.1) is 5.69 Å². The highest BCUT2D eigenvalue weighted by molar-refractivity contribution is 5.79. The molecule has 0 bridgehead atoms. The van der Waals surface area contributed by atoms with E-state index in [1.165, 1.54) is 0 Å². The number of hydrogen-bond donors (Lipinski definition) is 0. The lowest BCUT2D eigenvalue weighted by Gasteiger charge is -2.15. The van der Waals surface area contributed by atoms with E-state index in [0.29, 0.717) is 0 Å². The molecule has 2 aromatic rings. The van der Waals surface area contributed by atoms with Crippen LogP contribution < -0.4 is 0 Å². The predicted molar refractivity (Wildman–Crippen MR) is 57.2 cm³/mol. The molecule has 0 saturated heterocycles. The number of nitrogens with zero attached hydrogens (tertiary/aromatic N) is 1. The molecule has 0 unspecified atom stereocenters. The molecule has 0 fully saturated rings. The van der Waals surface area contributed by atoms with E-state index in [0.717, 1.165) is 23.1 Å². The number of hydrogen-bond acceptors (Lipinski definition) is 2. The summed E-state index contributed by atoms with van der Waals surface area (Å²) in [6.45, 7) is 6.61. The van der Waals surface area contributed by atoms with Crippen molar-refractivity contribution in [3.63, 3.8) is 0 Å². The highest BCUT2D eigenvalue weighted by Gasteiger charge is 2.16. The monoisotopic (exact) mass is 189 g/mol. The largest absolute Gasteiger partial charge is 0.356 e. The first-order valence-electron chi connectivity index (χ1n) is 4.89. The summed E-state index contributed by atoms with van der Waals surface area (Å²) in [4.78, 5) is 0. The summed E-state index contributed by atoms with van der Waals surface area (Å²) in [5.74, 6) is 0. The van der Waals surface area contributed by atoms with Gasteiger partial charge in [-0.3, -0.25) is 0 Å². The zero-order valence-corrected chi connectivity index (χ0v) is 8.87. The Balaban J connectivity index is 2.44. The van der Waals surface area contributed by atoms with Crippen molar-refractivity contribution in [1.82, 2.24) is 5.16 Å². The average Bonchev–Trinajstić information content (AvgIpc) is 2.47. The van der Waals surface area contributed by atoms with Crippen LogP contribution in [0.4, 0.5) is 0 Å². The lowest BCUT2D eigenvalue weighted by molar-refractivity contribution is 0.382. The van der Waals surface area contributed by atoms with Gasteiger partial charge in [-0.2, -0.15) is 0 Å². The van der Waals surface area contributed by atoms with Crippen molar-refractivity contribution in [2.45, 2.75) is 27.2 Å².